The van der Waals surface area contributed by atoms with Gasteiger partial charge in [-0.15, -0.1) is 0 Å². The molecular weight excluding hydrogens is 245 g/mol. The molecule has 1 aromatic rings. The summed E-state index contributed by atoms with van der Waals surface area (Å²) in [5, 5.41) is -0.596. The SMILES string of the molecule is COc1cc(C(C)=O)c(Cl)c(C(F)(F)F)c1. The number of ether oxygens (including phenoxy) is 1. The number of benzene rings is 1. The van der Waals surface area contributed by atoms with E-state index in [1.807, 2.05) is 0 Å². The molecule has 0 spiro atoms. The number of Topliss-reactive ketones (excluding diaryl/α,β-unsaturated/α-hetero) is 1. The molecule has 0 radical (unpaired) electrons. The predicted molar refractivity (Wildman–Crippen MR) is 53.0 cm³/mol. The van der Waals surface area contributed by atoms with Gasteiger partial charge >= 0.3 is 6.18 Å². The van der Waals surface area contributed by atoms with E-state index >= 15 is 0 Å². The Morgan fingerprint density at radius 1 is 1.38 bits per heavy atom. The molecule has 2 nitrogen and oxygen atoms in total. The molecule has 0 aliphatic rings. The van der Waals surface area contributed by atoms with Crippen molar-refractivity contribution < 1.29 is 22.7 Å². The van der Waals surface area contributed by atoms with Crippen molar-refractivity contribution in [3.63, 3.8) is 0 Å². The Hall–Kier alpha value is -1.23. The molecule has 0 N–H and O–H groups in total. The Morgan fingerprint density at radius 2 is 1.94 bits per heavy atom. The molecule has 16 heavy (non-hydrogen) atoms. The van der Waals surface area contributed by atoms with Crippen LogP contribution in [0, 0.1) is 0 Å². The average molecular weight is 253 g/mol. The number of alkyl halides is 3. The molecule has 0 bridgehead atoms. The second-order valence-corrected chi connectivity index (χ2v) is 3.47. The van der Waals surface area contributed by atoms with Crippen LogP contribution in [0.1, 0.15) is 22.8 Å². The second kappa shape index (κ2) is 4.33. The van der Waals surface area contributed by atoms with Crippen molar-refractivity contribution in [1.29, 1.82) is 0 Å². The molecule has 1 aromatic carbocycles. The van der Waals surface area contributed by atoms with Gasteiger partial charge < -0.3 is 4.74 Å². The van der Waals surface area contributed by atoms with E-state index in [0.29, 0.717) is 0 Å². The number of carbonyl (C=O) groups is 1. The van der Waals surface area contributed by atoms with Crippen LogP contribution in [0.5, 0.6) is 5.75 Å². The van der Waals surface area contributed by atoms with Crippen LogP contribution in [-0.2, 0) is 6.18 Å². The molecule has 0 amide bonds. The summed E-state index contributed by atoms with van der Waals surface area (Å²) >= 11 is 5.52. The largest absolute Gasteiger partial charge is 0.497 e. The van der Waals surface area contributed by atoms with E-state index in [9.17, 15) is 18.0 Å². The minimum absolute atomic E-state index is 0.0538. The molecule has 0 saturated carbocycles. The highest BCUT2D eigenvalue weighted by Gasteiger charge is 2.35. The van der Waals surface area contributed by atoms with Crippen LogP contribution in [0.2, 0.25) is 5.02 Å². The van der Waals surface area contributed by atoms with Gasteiger partial charge in [0.1, 0.15) is 5.75 Å². The van der Waals surface area contributed by atoms with E-state index in [1.165, 1.54) is 13.2 Å². The third kappa shape index (κ3) is 2.47. The van der Waals surface area contributed by atoms with Crippen LogP contribution >= 0.6 is 11.6 Å². The molecule has 1 rings (SSSR count). The minimum atomic E-state index is -4.62. The summed E-state index contributed by atoms with van der Waals surface area (Å²) in [6.45, 7) is 1.14. The minimum Gasteiger partial charge on any atom is -0.497 e. The molecule has 0 aromatic heterocycles. The second-order valence-electron chi connectivity index (χ2n) is 3.09. The maximum atomic E-state index is 12.6. The lowest BCUT2D eigenvalue weighted by Crippen LogP contribution is -2.09. The molecule has 0 heterocycles. The van der Waals surface area contributed by atoms with Crippen molar-refractivity contribution in [2.75, 3.05) is 7.11 Å². The Labute approximate surface area is 95.0 Å². The number of rotatable bonds is 2. The number of halogens is 4. The van der Waals surface area contributed by atoms with Crippen LogP contribution in [0.3, 0.4) is 0 Å². The molecule has 0 aliphatic carbocycles. The van der Waals surface area contributed by atoms with E-state index in [4.69, 9.17) is 11.6 Å². The van der Waals surface area contributed by atoms with Gasteiger partial charge in [0, 0.05) is 5.56 Å². The summed E-state index contributed by atoms with van der Waals surface area (Å²) in [5.41, 5.74) is -1.27. The Kier molecular flexibility index (Phi) is 3.48. The molecule has 0 aliphatic heterocycles. The zero-order valence-electron chi connectivity index (χ0n) is 8.48. The maximum absolute atomic E-state index is 12.6. The first-order valence-electron chi connectivity index (χ1n) is 4.23. The first-order chi connectivity index (χ1) is 7.27. The molecule has 0 saturated heterocycles. The zero-order chi connectivity index (χ0) is 12.5. The summed E-state index contributed by atoms with van der Waals surface area (Å²) in [6, 6.07) is 1.94. The van der Waals surface area contributed by atoms with Gasteiger partial charge in [-0.25, -0.2) is 0 Å². The van der Waals surface area contributed by atoms with Crippen molar-refractivity contribution in [2.24, 2.45) is 0 Å². The Balaban J connectivity index is 3.50. The number of hydrogen-bond donors (Lipinski definition) is 0. The molecule has 6 heteroatoms. The normalized spacial score (nSPS) is 11.4. The Morgan fingerprint density at radius 3 is 2.31 bits per heavy atom. The van der Waals surface area contributed by atoms with E-state index < -0.39 is 22.5 Å². The lowest BCUT2D eigenvalue weighted by molar-refractivity contribution is -0.137. The first kappa shape index (κ1) is 12.8. The third-order valence-electron chi connectivity index (χ3n) is 1.97. The van der Waals surface area contributed by atoms with Crippen molar-refractivity contribution in [3.8, 4) is 5.75 Å². The lowest BCUT2D eigenvalue weighted by Gasteiger charge is -2.13. The predicted octanol–water partition coefficient (Wildman–Crippen LogP) is 3.57. The fourth-order valence-electron chi connectivity index (χ4n) is 1.18. The average Bonchev–Trinajstić information content (AvgIpc) is 2.15. The van der Waals surface area contributed by atoms with Gasteiger partial charge in [0.15, 0.2) is 5.78 Å². The number of hydrogen-bond acceptors (Lipinski definition) is 2. The van der Waals surface area contributed by atoms with Crippen LogP contribution < -0.4 is 4.74 Å². The van der Waals surface area contributed by atoms with Crippen LogP contribution in [0.25, 0.3) is 0 Å². The van der Waals surface area contributed by atoms with Crippen LogP contribution in [-0.4, -0.2) is 12.9 Å². The summed E-state index contributed by atoms with van der Waals surface area (Å²) in [6.07, 6.45) is -4.62. The Bertz CT molecular complexity index is 427. The van der Waals surface area contributed by atoms with Crippen LogP contribution in [0.15, 0.2) is 12.1 Å². The number of ketones is 1. The molecule has 0 fully saturated rings. The third-order valence-corrected chi connectivity index (χ3v) is 2.37. The molecule has 0 atom stereocenters. The van der Waals surface area contributed by atoms with Gasteiger partial charge in [-0.2, -0.15) is 13.2 Å². The topological polar surface area (TPSA) is 26.3 Å². The van der Waals surface area contributed by atoms with E-state index in [2.05, 4.69) is 4.74 Å². The van der Waals surface area contributed by atoms with Crippen LogP contribution in [0.4, 0.5) is 13.2 Å². The van der Waals surface area contributed by atoms with Crippen molar-refractivity contribution in [3.05, 3.63) is 28.3 Å². The highest BCUT2D eigenvalue weighted by atomic mass is 35.5. The van der Waals surface area contributed by atoms with Gasteiger partial charge in [-0.05, 0) is 19.1 Å². The molecule has 88 valence electrons. The lowest BCUT2D eigenvalue weighted by atomic mass is 10.1. The summed E-state index contributed by atoms with van der Waals surface area (Å²) in [4.78, 5) is 11.1. The quantitative estimate of drug-likeness (QED) is 0.752. The van der Waals surface area contributed by atoms with Crippen molar-refractivity contribution >= 4 is 17.4 Å². The van der Waals surface area contributed by atoms with Crippen molar-refractivity contribution in [1.82, 2.24) is 0 Å². The first-order valence-corrected chi connectivity index (χ1v) is 4.61. The van der Waals surface area contributed by atoms with Gasteiger partial charge in [-0.1, -0.05) is 11.6 Å². The highest BCUT2D eigenvalue weighted by Crippen LogP contribution is 2.39. The fourth-order valence-corrected chi connectivity index (χ4v) is 1.53. The van der Waals surface area contributed by atoms with E-state index in [0.717, 1.165) is 13.0 Å². The number of methoxy groups -OCH3 is 1. The number of carbonyl (C=O) groups excluding carboxylic acids is 1. The monoisotopic (exact) mass is 252 g/mol. The van der Waals surface area contributed by atoms with Gasteiger partial charge in [-0.3, -0.25) is 4.79 Å². The van der Waals surface area contributed by atoms with E-state index in [1.54, 1.807) is 0 Å². The van der Waals surface area contributed by atoms with E-state index in [-0.39, 0.29) is 11.3 Å². The zero-order valence-corrected chi connectivity index (χ0v) is 9.24. The fraction of sp³-hybridized carbons (Fsp3) is 0.300. The molecule has 0 unspecified atom stereocenters. The highest BCUT2D eigenvalue weighted by molar-refractivity contribution is 6.34. The summed E-state index contributed by atoms with van der Waals surface area (Å²) < 4.78 is 42.4. The van der Waals surface area contributed by atoms with Gasteiger partial charge in [0.2, 0.25) is 0 Å². The van der Waals surface area contributed by atoms with Gasteiger partial charge in [0.25, 0.3) is 0 Å². The summed E-state index contributed by atoms with van der Waals surface area (Å²) in [5.74, 6) is -0.601. The van der Waals surface area contributed by atoms with Gasteiger partial charge in [0.05, 0.1) is 17.7 Å². The summed E-state index contributed by atoms with van der Waals surface area (Å²) in [7, 11) is 1.22. The van der Waals surface area contributed by atoms with Crippen molar-refractivity contribution in [2.45, 2.75) is 13.1 Å². The molecular formula is C10H8ClF3O2. The maximum Gasteiger partial charge on any atom is 0.418 e. The smallest absolute Gasteiger partial charge is 0.418 e. The standard InChI is InChI=1S/C10H8ClF3O2/c1-5(15)7-3-6(16-2)4-8(9(7)11)10(12,13)14/h3-4H,1-2H3.